The number of ether oxygens (including phenoxy) is 2. The van der Waals surface area contributed by atoms with Crippen LogP contribution in [0, 0.1) is 6.92 Å². The van der Waals surface area contributed by atoms with Crippen LogP contribution in [0.25, 0.3) is 16.7 Å². The number of carbonyl (C=O) groups excluding carboxylic acids is 1. The van der Waals surface area contributed by atoms with Crippen LogP contribution in [0.4, 0.5) is 10.6 Å². The molecular weight excluding hydrogens is 496 g/mol. The second-order valence-corrected chi connectivity index (χ2v) is 11.5. The van der Waals surface area contributed by atoms with Gasteiger partial charge in [0.2, 0.25) is 0 Å². The standard InChI is InChI=1S/C29H40N6O4/c1-6-25-31-26(34-11-12-38-22(17-34)18-36)15-27(32-25)35-24-14-23(19(2)13-21(24)16-30-35)20-7-9-33(10-8-20)28(37)39-29(3,4)5/h13-16,20,22,36H,6-12,17-18H2,1-5H3/t22-/m1/s1. The number of rotatable bonds is 5. The third-order valence-electron chi connectivity index (χ3n) is 7.49. The van der Waals surface area contributed by atoms with Gasteiger partial charge in [-0.05, 0) is 69.7 Å². The Morgan fingerprint density at radius 1 is 1.13 bits per heavy atom. The molecule has 1 aromatic carbocycles. The molecule has 10 nitrogen and oxygen atoms in total. The number of hydrogen-bond acceptors (Lipinski definition) is 8. The fourth-order valence-corrected chi connectivity index (χ4v) is 5.46. The van der Waals surface area contributed by atoms with Crippen molar-refractivity contribution in [2.75, 3.05) is 44.3 Å². The van der Waals surface area contributed by atoms with Crippen molar-refractivity contribution >= 4 is 22.8 Å². The smallest absolute Gasteiger partial charge is 0.410 e. The molecule has 2 aromatic heterocycles. The summed E-state index contributed by atoms with van der Waals surface area (Å²) in [6, 6.07) is 6.42. The predicted molar refractivity (Wildman–Crippen MR) is 150 cm³/mol. The Balaban J connectivity index is 1.42. The highest BCUT2D eigenvalue weighted by Gasteiger charge is 2.29. The van der Waals surface area contributed by atoms with Gasteiger partial charge in [-0.25, -0.2) is 19.4 Å². The summed E-state index contributed by atoms with van der Waals surface area (Å²) in [6.45, 7) is 13.1. The van der Waals surface area contributed by atoms with E-state index in [0.29, 0.717) is 45.1 Å². The number of anilines is 1. The summed E-state index contributed by atoms with van der Waals surface area (Å²) < 4.78 is 13.1. The largest absolute Gasteiger partial charge is 0.444 e. The lowest BCUT2D eigenvalue weighted by Crippen LogP contribution is -2.44. The van der Waals surface area contributed by atoms with Crippen LogP contribution in [-0.2, 0) is 15.9 Å². The quantitative estimate of drug-likeness (QED) is 0.522. The maximum Gasteiger partial charge on any atom is 0.410 e. The van der Waals surface area contributed by atoms with Crippen molar-refractivity contribution in [3.63, 3.8) is 0 Å². The minimum absolute atomic E-state index is 0.0162. The van der Waals surface area contributed by atoms with E-state index in [1.165, 1.54) is 11.1 Å². The summed E-state index contributed by atoms with van der Waals surface area (Å²) in [6.07, 6.45) is 3.92. The van der Waals surface area contributed by atoms with Crippen molar-refractivity contribution < 1.29 is 19.4 Å². The number of morpholine rings is 1. The van der Waals surface area contributed by atoms with Crippen LogP contribution in [0.2, 0.25) is 0 Å². The second kappa shape index (κ2) is 11.1. The molecule has 0 saturated carbocycles. The van der Waals surface area contributed by atoms with Crippen LogP contribution in [0.3, 0.4) is 0 Å². The maximum atomic E-state index is 12.6. The van der Waals surface area contributed by atoms with E-state index in [-0.39, 0.29) is 18.8 Å². The number of nitrogens with zero attached hydrogens (tertiary/aromatic N) is 6. The number of carbonyl (C=O) groups is 1. The van der Waals surface area contributed by atoms with Gasteiger partial charge in [-0.15, -0.1) is 0 Å². The van der Waals surface area contributed by atoms with E-state index in [0.717, 1.165) is 41.2 Å². The summed E-state index contributed by atoms with van der Waals surface area (Å²) in [5.41, 5.74) is 3.04. The molecule has 0 radical (unpaired) electrons. The molecule has 0 aliphatic carbocycles. The van der Waals surface area contributed by atoms with Crippen LogP contribution in [0.15, 0.2) is 24.4 Å². The third kappa shape index (κ3) is 6.01. The second-order valence-electron chi connectivity index (χ2n) is 11.5. The molecule has 210 valence electrons. The zero-order valence-corrected chi connectivity index (χ0v) is 23.7. The van der Waals surface area contributed by atoms with Crippen LogP contribution in [0.1, 0.15) is 63.4 Å². The van der Waals surface area contributed by atoms with Crippen molar-refractivity contribution in [2.24, 2.45) is 0 Å². The van der Waals surface area contributed by atoms with Gasteiger partial charge < -0.3 is 24.4 Å². The predicted octanol–water partition coefficient (Wildman–Crippen LogP) is 4.00. The van der Waals surface area contributed by atoms with E-state index in [1.54, 1.807) is 0 Å². The first-order chi connectivity index (χ1) is 18.6. The topological polar surface area (TPSA) is 106 Å². The lowest BCUT2D eigenvalue weighted by atomic mass is 9.86. The summed E-state index contributed by atoms with van der Waals surface area (Å²) >= 11 is 0. The van der Waals surface area contributed by atoms with Crippen molar-refractivity contribution in [3.8, 4) is 5.82 Å². The molecular formula is C29H40N6O4. The summed E-state index contributed by atoms with van der Waals surface area (Å²) in [4.78, 5) is 26.1. The SMILES string of the molecule is CCc1nc(N2CCO[C@@H](CO)C2)cc(-n2ncc3cc(C)c(C4CCN(C(=O)OC(C)(C)C)CC4)cc32)n1. The van der Waals surface area contributed by atoms with E-state index in [9.17, 15) is 9.90 Å². The summed E-state index contributed by atoms with van der Waals surface area (Å²) in [5.74, 6) is 2.66. The third-order valence-corrected chi connectivity index (χ3v) is 7.49. The average Bonchev–Trinajstić information content (AvgIpc) is 3.34. The Hall–Kier alpha value is -3.24. The average molecular weight is 537 g/mol. The minimum atomic E-state index is -0.491. The van der Waals surface area contributed by atoms with E-state index in [4.69, 9.17) is 24.5 Å². The highest BCUT2D eigenvalue weighted by molar-refractivity contribution is 5.82. The number of fused-ring (bicyclic) bond motifs is 1. The zero-order valence-electron chi connectivity index (χ0n) is 23.7. The molecule has 5 rings (SSSR count). The molecule has 4 heterocycles. The number of likely N-dealkylation sites (tertiary alicyclic amines) is 1. The number of aromatic nitrogens is 4. The molecule has 2 saturated heterocycles. The van der Waals surface area contributed by atoms with E-state index < -0.39 is 5.60 Å². The number of piperidine rings is 1. The highest BCUT2D eigenvalue weighted by atomic mass is 16.6. The molecule has 2 aliphatic heterocycles. The van der Waals surface area contributed by atoms with Crippen molar-refractivity contribution in [2.45, 2.75) is 71.5 Å². The Morgan fingerprint density at radius 3 is 2.56 bits per heavy atom. The number of aliphatic hydroxyl groups excluding tert-OH is 1. The summed E-state index contributed by atoms with van der Waals surface area (Å²) in [7, 11) is 0. The van der Waals surface area contributed by atoms with Gasteiger partial charge >= 0.3 is 6.09 Å². The van der Waals surface area contributed by atoms with Crippen molar-refractivity contribution in [1.82, 2.24) is 24.6 Å². The first kappa shape index (κ1) is 27.3. The van der Waals surface area contributed by atoms with Gasteiger partial charge in [-0.3, -0.25) is 0 Å². The number of aliphatic hydroxyl groups is 1. The molecule has 39 heavy (non-hydrogen) atoms. The van der Waals surface area contributed by atoms with Gasteiger partial charge in [0.1, 0.15) is 17.2 Å². The number of amides is 1. The first-order valence-corrected chi connectivity index (χ1v) is 14.0. The molecule has 0 spiro atoms. The Labute approximate surface area is 229 Å². The lowest BCUT2D eigenvalue weighted by Gasteiger charge is -2.34. The monoisotopic (exact) mass is 536 g/mol. The minimum Gasteiger partial charge on any atom is -0.444 e. The molecule has 3 aromatic rings. The molecule has 1 amide bonds. The molecule has 2 aliphatic rings. The van der Waals surface area contributed by atoms with Crippen LogP contribution in [-0.4, -0.2) is 86.9 Å². The molecule has 2 fully saturated rings. The number of benzene rings is 1. The van der Waals surface area contributed by atoms with Crippen LogP contribution < -0.4 is 4.90 Å². The first-order valence-electron chi connectivity index (χ1n) is 14.0. The van der Waals surface area contributed by atoms with Gasteiger partial charge in [-0.2, -0.15) is 5.10 Å². The maximum absolute atomic E-state index is 12.6. The van der Waals surface area contributed by atoms with Gasteiger partial charge in [0, 0.05) is 44.1 Å². The fourth-order valence-electron chi connectivity index (χ4n) is 5.46. The highest BCUT2D eigenvalue weighted by Crippen LogP contribution is 2.34. The van der Waals surface area contributed by atoms with Gasteiger partial charge in [0.15, 0.2) is 5.82 Å². The van der Waals surface area contributed by atoms with Crippen molar-refractivity contribution in [3.05, 3.63) is 41.3 Å². The van der Waals surface area contributed by atoms with Crippen LogP contribution in [0.5, 0.6) is 0 Å². The van der Waals surface area contributed by atoms with E-state index in [1.807, 2.05) is 49.5 Å². The van der Waals surface area contributed by atoms with Gasteiger partial charge in [0.05, 0.1) is 31.0 Å². The number of aryl methyl sites for hydroxylation is 2. The van der Waals surface area contributed by atoms with Crippen molar-refractivity contribution in [1.29, 1.82) is 0 Å². The van der Waals surface area contributed by atoms with Gasteiger partial charge in [-0.1, -0.05) is 6.92 Å². The Bertz CT molecular complexity index is 1330. The summed E-state index contributed by atoms with van der Waals surface area (Å²) in [5, 5.41) is 15.4. The van der Waals surface area contributed by atoms with E-state index in [2.05, 4.69) is 24.0 Å². The molecule has 10 heteroatoms. The normalized spacial score (nSPS) is 19.1. The fraction of sp³-hybridized carbons (Fsp3) is 0.586. The lowest BCUT2D eigenvalue weighted by molar-refractivity contribution is 0.00334. The molecule has 1 N–H and O–H groups in total. The Kier molecular flexibility index (Phi) is 7.77. The molecule has 1 atom stereocenters. The van der Waals surface area contributed by atoms with E-state index >= 15 is 0 Å². The Morgan fingerprint density at radius 2 is 1.87 bits per heavy atom. The molecule has 0 unspecified atom stereocenters. The van der Waals surface area contributed by atoms with Crippen LogP contribution >= 0.6 is 0 Å². The number of hydrogen-bond donors (Lipinski definition) is 1. The van der Waals surface area contributed by atoms with Gasteiger partial charge in [0.25, 0.3) is 0 Å². The molecule has 0 bridgehead atoms. The zero-order chi connectivity index (χ0) is 27.7.